The maximum Gasteiger partial charge on any atom is 0.163 e. The second-order valence-corrected chi connectivity index (χ2v) is 36.4. The van der Waals surface area contributed by atoms with E-state index in [9.17, 15) is 0 Å². The van der Waals surface area contributed by atoms with Crippen LogP contribution in [0, 0.1) is 105 Å². The Kier molecular flexibility index (Phi) is 42.7. The number of thiazole rings is 1. The van der Waals surface area contributed by atoms with Crippen molar-refractivity contribution in [2.75, 3.05) is 73.3 Å². The molecule has 4 atom stereocenters. The normalized spacial score (nSPS) is 13.6. The molecule has 0 spiro atoms. The van der Waals surface area contributed by atoms with E-state index < -0.39 is 0 Å². The number of morpholine rings is 2. The van der Waals surface area contributed by atoms with Gasteiger partial charge in [0.05, 0.1) is 85.0 Å². The summed E-state index contributed by atoms with van der Waals surface area (Å²) >= 11 is 15.0. The lowest BCUT2D eigenvalue weighted by atomic mass is 10.0. The number of hydrogen-bond donors (Lipinski definition) is 0. The van der Waals surface area contributed by atoms with Crippen LogP contribution in [-0.2, 0) is 34.3 Å². The van der Waals surface area contributed by atoms with E-state index >= 15 is 0 Å². The van der Waals surface area contributed by atoms with Gasteiger partial charge in [-0.05, 0) is 351 Å². The Balaban J connectivity index is 0.000000168. The van der Waals surface area contributed by atoms with Crippen molar-refractivity contribution in [2.45, 2.75) is 84.4 Å². The van der Waals surface area contributed by atoms with Crippen LogP contribution in [0.4, 0.5) is 0 Å². The SMILES string of the molecule is CCCOc1cc(I)ccc1O[C@@H](c1ccccc1)C1CN(C)CCO1.CCCOc1ccc(I)cc1O[C@@H](c1ccccc1)C1CN(C)CCO1.Cc1cccc(C#Cc2cc(I)cc(C#N)c2)n1.Cc1nc(C#Cc2cc(I)cc(C#N)c2)cs1.Cn1cnc(CCCOCc2ccc(I)cc2)c1.N#Cc1cc(I)cc(C#Cc2ccccn2)c1. The number of hydrogen-bond acceptors (Lipinski definition) is 17. The Bertz CT molecular complexity index is 5640. The van der Waals surface area contributed by atoms with Gasteiger partial charge in [0.1, 0.15) is 29.3 Å². The predicted molar refractivity (Wildman–Crippen MR) is 534 cm³/mol. The summed E-state index contributed by atoms with van der Waals surface area (Å²) in [6.07, 6.45) is 9.12. The zero-order valence-electron chi connectivity index (χ0n) is 68.7. The fourth-order valence-electron chi connectivity index (χ4n) is 11.9. The van der Waals surface area contributed by atoms with Crippen LogP contribution in [0.15, 0.2) is 236 Å². The van der Waals surface area contributed by atoms with Gasteiger partial charge in [-0.2, -0.15) is 15.8 Å². The van der Waals surface area contributed by atoms with Crippen LogP contribution in [0.25, 0.3) is 0 Å². The maximum atomic E-state index is 8.89. The summed E-state index contributed by atoms with van der Waals surface area (Å²) in [5.74, 6) is 21.2. The highest BCUT2D eigenvalue weighted by molar-refractivity contribution is 14.1. The van der Waals surface area contributed by atoms with E-state index in [1.165, 1.54) is 9.13 Å². The molecule has 2 fully saturated rings. The Labute approximate surface area is 803 Å². The highest BCUT2D eigenvalue weighted by Gasteiger charge is 2.32. The van der Waals surface area contributed by atoms with Crippen molar-refractivity contribution in [2.24, 2.45) is 7.05 Å². The lowest BCUT2D eigenvalue weighted by molar-refractivity contribution is -0.0765. The highest BCUT2D eigenvalue weighted by atomic mass is 127. The largest absolute Gasteiger partial charge is 0.490 e. The first-order chi connectivity index (χ1) is 59.2. The summed E-state index contributed by atoms with van der Waals surface area (Å²) in [7, 11) is 6.24. The molecule has 0 amide bonds. The average molecular weight is 2320 g/mol. The number of rotatable bonds is 20. The third kappa shape index (κ3) is 35.2. The zero-order valence-corrected chi connectivity index (χ0v) is 82.5. The van der Waals surface area contributed by atoms with Gasteiger partial charge >= 0.3 is 0 Å². The number of ether oxygens (including phenoxy) is 7. The number of aromatic nitrogens is 5. The minimum Gasteiger partial charge on any atom is -0.490 e. The van der Waals surface area contributed by atoms with Crippen LogP contribution in [0.1, 0.15) is 129 Å². The number of aryl methyl sites for hydroxylation is 4. The number of halogens is 6. The number of nitrogens with zero attached hydrogens (tertiary/aromatic N) is 10. The topological polar surface area (TPSA) is 199 Å². The third-order valence-electron chi connectivity index (χ3n) is 17.7. The Morgan fingerprint density at radius 3 is 1.43 bits per heavy atom. The van der Waals surface area contributed by atoms with Crippen molar-refractivity contribution >= 4 is 147 Å². The van der Waals surface area contributed by atoms with Crippen molar-refractivity contribution in [3.8, 4) is 76.7 Å². The fraction of sp³-hybridized carbons (Fsp3) is 0.255. The summed E-state index contributed by atoms with van der Waals surface area (Å²) in [4.78, 5) is 21.6. The van der Waals surface area contributed by atoms with Gasteiger partial charge in [0.2, 0.25) is 0 Å². The molecule has 2 aliphatic rings. The molecule has 0 bridgehead atoms. The molecule has 2 unspecified atom stereocenters. The molecule has 17 nitrogen and oxygen atoms in total. The molecule has 0 saturated carbocycles. The number of imidazole rings is 1. The first kappa shape index (κ1) is 97.2. The number of nitriles is 3. The minimum absolute atomic E-state index is 0.0190. The molecule has 0 N–H and O–H groups in total. The van der Waals surface area contributed by atoms with Gasteiger partial charge in [-0.25, -0.2) is 19.9 Å². The lowest BCUT2D eigenvalue weighted by Crippen LogP contribution is -2.44. The minimum atomic E-state index is -0.180. The van der Waals surface area contributed by atoms with Gasteiger partial charge in [-0.15, -0.1) is 11.3 Å². The van der Waals surface area contributed by atoms with E-state index in [-0.39, 0.29) is 24.4 Å². The van der Waals surface area contributed by atoms with Gasteiger partial charge in [-0.3, -0.25) is 0 Å². The lowest BCUT2D eigenvalue weighted by Gasteiger charge is -2.35. The molecule has 122 heavy (non-hydrogen) atoms. The molecule has 14 rings (SSSR count). The molecule has 12 aromatic rings. The second kappa shape index (κ2) is 53.6. The van der Waals surface area contributed by atoms with E-state index in [1.807, 2.05) is 183 Å². The number of likely N-dealkylation sites (N-methyl/N-ethyl adjacent to an activating group) is 2. The van der Waals surface area contributed by atoms with Gasteiger partial charge in [0.25, 0.3) is 0 Å². The molecule has 2 aliphatic heterocycles. The molecule has 2 saturated heterocycles. The Morgan fingerprint density at radius 2 is 0.951 bits per heavy atom. The molecule has 6 heterocycles. The number of benzene rings is 8. The van der Waals surface area contributed by atoms with Gasteiger partial charge in [0, 0.05) is 101 Å². The second-order valence-electron chi connectivity index (χ2n) is 27.8. The van der Waals surface area contributed by atoms with Gasteiger partial charge < -0.3 is 47.5 Å². The third-order valence-corrected chi connectivity index (χ3v) is 22.4. The van der Waals surface area contributed by atoms with Crippen molar-refractivity contribution in [1.82, 2.24) is 34.3 Å². The quantitative estimate of drug-likeness (QED) is 0.0396. The molecule has 0 radical (unpaired) electrons. The summed E-state index contributed by atoms with van der Waals surface area (Å²) in [6, 6.07) is 75.6. The maximum absolute atomic E-state index is 8.89. The van der Waals surface area contributed by atoms with E-state index in [0.29, 0.717) is 36.5 Å². The van der Waals surface area contributed by atoms with E-state index in [1.54, 1.807) is 35.7 Å². The molecule has 4 aromatic heterocycles. The van der Waals surface area contributed by atoms with Gasteiger partial charge in [0.15, 0.2) is 35.2 Å². The summed E-state index contributed by atoms with van der Waals surface area (Å²) < 4.78 is 51.2. The monoisotopic (exact) mass is 2310 g/mol. The van der Waals surface area contributed by atoms with Crippen molar-refractivity contribution in [3.05, 3.63) is 341 Å². The molecular weight excluding hydrogens is 2220 g/mol. The smallest absolute Gasteiger partial charge is 0.163 e. The van der Waals surface area contributed by atoms with Crippen molar-refractivity contribution in [1.29, 1.82) is 15.8 Å². The van der Waals surface area contributed by atoms with E-state index in [0.717, 1.165) is 174 Å². The first-order valence-corrected chi connectivity index (χ1v) is 46.7. The van der Waals surface area contributed by atoms with Crippen LogP contribution in [0.2, 0.25) is 0 Å². The fourth-order valence-corrected chi connectivity index (χ4v) is 15.7. The Morgan fingerprint density at radius 1 is 0.467 bits per heavy atom. The molecule has 624 valence electrons. The molecular formula is C98H92I6N10O7S. The van der Waals surface area contributed by atoms with Crippen LogP contribution in [0.3, 0.4) is 0 Å². The average Bonchev–Trinajstić information content (AvgIpc) is 0.936. The molecule has 0 aliphatic carbocycles. The first-order valence-electron chi connectivity index (χ1n) is 39.3. The van der Waals surface area contributed by atoms with Crippen molar-refractivity contribution in [3.63, 3.8) is 0 Å². The van der Waals surface area contributed by atoms with Crippen LogP contribution >= 0.6 is 147 Å². The van der Waals surface area contributed by atoms with Crippen molar-refractivity contribution < 1.29 is 33.2 Å². The van der Waals surface area contributed by atoms with Crippen LogP contribution in [-0.4, -0.2) is 120 Å². The van der Waals surface area contributed by atoms with Crippen LogP contribution < -0.4 is 18.9 Å². The zero-order chi connectivity index (χ0) is 86.8. The molecule has 24 heteroatoms. The number of pyridine rings is 2. The Hall–Kier alpha value is -8.57. The highest BCUT2D eigenvalue weighted by Crippen LogP contribution is 2.38. The summed E-state index contributed by atoms with van der Waals surface area (Å²) in [5, 5.41) is 29.6. The predicted octanol–water partition coefficient (Wildman–Crippen LogP) is 21.8. The summed E-state index contributed by atoms with van der Waals surface area (Å²) in [6.45, 7) is 16.0. The van der Waals surface area contributed by atoms with Gasteiger partial charge in [-0.1, -0.05) is 117 Å². The standard InChI is InChI=1S/2C21H26INO3.C15H9IN2.C14H17IN2O.C14H7IN2.C13H7IN2S/c1-3-12-24-19-14-17(22)9-10-18(19)26-21(16-7-5-4-6-8-16)20-15-23(2)11-13-25-20;1-3-12-24-18-10-9-17(22)14-19(18)26-21(16-7-5-4-6-8-16)20-15-23(2)11-13-25-20;1-11-3-2-4-15(18-11)6-5-12-7-13(10-17)9-14(16)8-12;1-17-9-14(16-11-17)3-2-8-18-10-12-4-6-13(15)7-5-12;15-13-8-11(7-12(9-13)10-16)4-5-14-3-1-2-6-17-14;1-9-16-13(8-17-9)3-2-10-4-11(7-15)6-12(14)5-10/h2*4-10,14,20-21H,3,11-13,15H2,1-2H3;2-4,7-9H,1H3;4-7,9,11H,2-3,8,10H2,1H3;1-3,6-9H;4-6,8H,1H3/t2*20?,21-;;;;/m00..../s1. The van der Waals surface area contributed by atoms with Crippen LogP contribution in [0.5, 0.6) is 23.0 Å². The molecule has 8 aromatic carbocycles. The van der Waals surface area contributed by atoms with E-state index in [2.05, 4.69) is 302 Å². The summed E-state index contributed by atoms with van der Waals surface area (Å²) in [5.41, 5.74) is 12.2. The van der Waals surface area contributed by atoms with E-state index in [4.69, 9.17) is 48.9 Å².